The highest BCUT2D eigenvalue weighted by Gasteiger charge is 1.91. The van der Waals surface area contributed by atoms with Gasteiger partial charge in [0.05, 0.1) is 12.4 Å². The number of aryl methyl sites for hydroxylation is 1. The molecule has 0 amide bonds. The number of allylic oxidation sites excluding steroid dienone is 1. The standard InChI is InChI=1S/C19H20N2/c1-3-5-17-8-12-19(13-9-17)15-21-20-14-18-10-6-16(4-2)7-11-18/h3,6-15H,1,4-5H2,2H3. The highest BCUT2D eigenvalue weighted by molar-refractivity contribution is 5.82. The fraction of sp³-hybridized carbons (Fsp3) is 0.158. The van der Waals surface area contributed by atoms with Crippen molar-refractivity contribution in [1.29, 1.82) is 0 Å². The van der Waals surface area contributed by atoms with E-state index in [1.165, 1.54) is 11.1 Å². The van der Waals surface area contributed by atoms with Crippen LogP contribution in [0.5, 0.6) is 0 Å². The Kier molecular flexibility index (Phi) is 5.65. The van der Waals surface area contributed by atoms with Crippen LogP contribution in [0.1, 0.15) is 29.2 Å². The van der Waals surface area contributed by atoms with Gasteiger partial charge in [-0.2, -0.15) is 10.2 Å². The summed E-state index contributed by atoms with van der Waals surface area (Å²) in [6.45, 7) is 5.88. The summed E-state index contributed by atoms with van der Waals surface area (Å²) in [5, 5.41) is 8.16. The lowest BCUT2D eigenvalue weighted by Gasteiger charge is -1.97. The molecule has 0 aromatic heterocycles. The van der Waals surface area contributed by atoms with Crippen LogP contribution in [0.2, 0.25) is 0 Å². The van der Waals surface area contributed by atoms with E-state index in [0.29, 0.717) is 0 Å². The summed E-state index contributed by atoms with van der Waals surface area (Å²) in [6, 6.07) is 16.6. The van der Waals surface area contributed by atoms with Crippen LogP contribution in [0.3, 0.4) is 0 Å². The Bertz CT molecular complexity index is 620. The highest BCUT2D eigenvalue weighted by Crippen LogP contribution is 2.04. The van der Waals surface area contributed by atoms with Gasteiger partial charge < -0.3 is 0 Å². The minimum absolute atomic E-state index is 0.892. The van der Waals surface area contributed by atoms with E-state index in [1.54, 1.807) is 12.4 Å². The molecule has 0 radical (unpaired) electrons. The molecule has 0 heterocycles. The average Bonchev–Trinajstić information content (AvgIpc) is 2.54. The number of benzene rings is 2. The first-order chi connectivity index (χ1) is 10.3. The number of rotatable bonds is 6. The van der Waals surface area contributed by atoms with Crippen LogP contribution < -0.4 is 0 Å². The second-order valence-electron chi connectivity index (χ2n) is 4.82. The summed E-state index contributed by atoms with van der Waals surface area (Å²) in [6.07, 6.45) is 7.37. The summed E-state index contributed by atoms with van der Waals surface area (Å²) < 4.78 is 0. The van der Waals surface area contributed by atoms with E-state index in [2.05, 4.69) is 60.1 Å². The molecule has 0 aliphatic carbocycles. The van der Waals surface area contributed by atoms with Gasteiger partial charge >= 0.3 is 0 Å². The Morgan fingerprint density at radius 2 is 1.29 bits per heavy atom. The van der Waals surface area contributed by atoms with Gasteiger partial charge in [-0.05, 0) is 35.1 Å². The van der Waals surface area contributed by atoms with E-state index < -0.39 is 0 Å². The molecular formula is C19H20N2. The predicted octanol–water partition coefficient (Wildman–Crippen LogP) is 4.43. The molecule has 0 bridgehead atoms. The largest absolute Gasteiger partial charge is 0.159 e. The number of hydrogen-bond donors (Lipinski definition) is 0. The molecule has 0 atom stereocenters. The molecule has 2 heteroatoms. The lowest BCUT2D eigenvalue weighted by atomic mass is 10.1. The Balaban J connectivity index is 1.94. The van der Waals surface area contributed by atoms with Gasteiger partial charge in [-0.1, -0.05) is 61.5 Å². The van der Waals surface area contributed by atoms with Crippen LogP contribution in [-0.2, 0) is 12.8 Å². The normalized spacial score (nSPS) is 11.3. The molecule has 106 valence electrons. The summed E-state index contributed by atoms with van der Waals surface area (Å²) in [4.78, 5) is 0. The van der Waals surface area contributed by atoms with E-state index in [1.807, 2.05) is 18.2 Å². The summed E-state index contributed by atoms with van der Waals surface area (Å²) in [5.74, 6) is 0. The lowest BCUT2D eigenvalue weighted by molar-refractivity contribution is 1.14. The maximum Gasteiger partial charge on any atom is 0.0568 e. The molecule has 0 aliphatic rings. The van der Waals surface area contributed by atoms with Crippen molar-refractivity contribution in [1.82, 2.24) is 0 Å². The summed E-state index contributed by atoms with van der Waals surface area (Å²) in [7, 11) is 0. The fourth-order valence-electron chi connectivity index (χ4n) is 1.95. The first-order valence-electron chi connectivity index (χ1n) is 7.17. The third kappa shape index (κ3) is 4.84. The summed E-state index contributed by atoms with van der Waals surface area (Å²) in [5.41, 5.74) is 4.68. The van der Waals surface area contributed by atoms with Crippen LogP contribution in [0.25, 0.3) is 0 Å². The fourth-order valence-corrected chi connectivity index (χ4v) is 1.95. The maximum atomic E-state index is 4.08. The van der Waals surface area contributed by atoms with E-state index in [-0.39, 0.29) is 0 Å². The minimum Gasteiger partial charge on any atom is -0.159 e. The third-order valence-electron chi connectivity index (χ3n) is 3.23. The van der Waals surface area contributed by atoms with Gasteiger partial charge in [0.25, 0.3) is 0 Å². The topological polar surface area (TPSA) is 24.7 Å². The van der Waals surface area contributed by atoms with Crippen molar-refractivity contribution in [2.75, 3.05) is 0 Å². The zero-order valence-electron chi connectivity index (χ0n) is 12.4. The summed E-state index contributed by atoms with van der Waals surface area (Å²) >= 11 is 0. The lowest BCUT2D eigenvalue weighted by Crippen LogP contribution is -1.85. The number of nitrogens with zero attached hydrogens (tertiary/aromatic N) is 2. The van der Waals surface area contributed by atoms with Crippen LogP contribution in [0.15, 0.2) is 71.4 Å². The zero-order chi connectivity index (χ0) is 14.9. The van der Waals surface area contributed by atoms with Gasteiger partial charge in [-0.3, -0.25) is 0 Å². The molecule has 2 nitrogen and oxygen atoms in total. The van der Waals surface area contributed by atoms with E-state index in [0.717, 1.165) is 24.0 Å². The smallest absolute Gasteiger partial charge is 0.0568 e. The average molecular weight is 276 g/mol. The Hall–Kier alpha value is -2.48. The Morgan fingerprint density at radius 1 is 0.810 bits per heavy atom. The van der Waals surface area contributed by atoms with Crippen molar-refractivity contribution in [3.63, 3.8) is 0 Å². The molecule has 0 N–H and O–H groups in total. The molecule has 0 saturated carbocycles. The van der Waals surface area contributed by atoms with Crippen LogP contribution >= 0.6 is 0 Å². The molecule has 2 rings (SSSR count). The van der Waals surface area contributed by atoms with E-state index in [4.69, 9.17) is 0 Å². The molecule has 0 fully saturated rings. The molecule has 21 heavy (non-hydrogen) atoms. The minimum atomic E-state index is 0.892. The van der Waals surface area contributed by atoms with Crippen LogP contribution in [0.4, 0.5) is 0 Å². The molecule has 2 aromatic carbocycles. The van der Waals surface area contributed by atoms with Gasteiger partial charge in [0.2, 0.25) is 0 Å². The maximum absolute atomic E-state index is 4.08. The van der Waals surface area contributed by atoms with Gasteiger partial charge in [-0.25, -0.2) is 0 Å². The van der Waals surface area contributed by atoms with Crippen LogP contribution in [-0.4, -0.2) is 12.4 Å². The van der Waals surface area contributed by atoms with Gasteiger partial charge in [0, 0.05) is 0 Å². The molecule has 0 saturated heterocycles. The molecular weight excluding hydrogens is 256 g/mol. The van der Waals surface area contributed by atoms with Crippen LogP contribution in [0, 0.1) is 0 Å². The first-order valence-corrected chi connectivity index (χ1v) is 7.17. The molecule has 0 unspecified atom stereocenters. The van der Waals surface area contributed by atoms with Crippen molar-refractivity contribution < 1.29 is 0 Å². The van der Waals surface area contributed by atoms with Gasteiger partial charge in [0.15, 0.2) is 0 Å². The SMILES string of the molecule is C=CCc1ccc(C=NN=Cc2ccc(CC)cc2)cc1. The van der Waals surface area contributed by atoms with Crippen molar-refractivity contribution in [2.45, 2.75) is 19.8 Å². The molecule has 0 spiro atoms. The Labute approximate surface area is 126 Å². The monoisotopic (exact) mass is 276 g/mol. The second kappa shape index (κ2) is 7.95. The van der Waals surface area contributed by atoms with E-state index >= 15 is 0 Å². The third-order valence-corrected chi connectivity index (χ3v) is 3.23. The second-order valence-corrected chi connectivity index (χ2v) is 4.82. The van der Waals surface area contributed by atoms with E-state index in [9.17, 15) is 0 Å². The molecule has 2 aromatic rings. The van der Waals surface area contributed by atoms with Crippen molar-refractivity contribution in [3.8, 4) is 0 Å². The highest BCUT2D eigenvalue weighted by atomic mass is 15.2. The predicted molar refractivity (Wildman–Crippen MR) is 91.4 cm³/mol. The quantitative estimate of drug-likeness (QED) is 0.423. The van der Waals surface area contributed by atoms with Gasteiger partial charge in [-0.15, -0.1) is 6.58 Å². The van der Waals surface area contributed by atoms with Crippen molar-refractivity contribution in [2.24, 2.45) is 10.2 Å². The van der Waals surface area contributed by atoms with Gasteiger partial charge in [0.1, 0.15) is 0 Å². The Morgan fingerprint density at radius 3 is 1.71 bits per heavy atom. The zero-order valence-corrected chi connectivity index (χ0v) is 12.4. The molecule has 0 aliphatic heterocycles. The number of hydrogen-bond acceptors (Lipinski definition) is 2. The van der Waals surface area contributed by atoms with Crippen molar-refractivity contribution in [3.05, 3.63) is 83.4 Å². The first kappa shape index (κ1) is 14.9. The van der Waals surface area contributed by atoms with Crippen molar-refractivity contribution >= 4 is 12.4 Å².